The molecule has 0 spiro atoms. The molecule has 1 saturated heterocycles. The number of amidine groups is 1. The lowest BCUT2D eigenvalue weighted by Gasteiger charge is -2.34. The Morgan fingerprint density at radius 3 is 2.80 bits per heavy atom. The Hall–Kier alpha value is -1.88. The van der Waals surface area contributed by atoms with Crippen LogP contribution in [0.4, 0.5) is 0 Å². The fourth-order valence-corrected chi connectivity index (χ4v) is 2.64. The zero-order chi connectivity index (χ0) is 14.1. The molecule has 1 fully saturated rings. The Bertz CT molecular complexity index is 551. The smallest absolute Gasteiger partial charge is 0.163 e. The van der Waals surface area contributed by atoms with Crippen LogP contribution in [-0.2, 0) is 9.53 Å². The zero-order valence-corrected chi connectivity index (χ0v) is 11.9. The molecular formula is C15H19N3O2. The molecule has 0 amide bonds. The van der Waals surface area contributed by atoms with Gasteiger partial charge in [-0.15, -0.1) is 0 Å². The van der Waals surface area contributed by atoms with Gasteiger partial charge in [0, 0.05) is 25.8 Å². The Morgan fingerprint density at radius 1 is 1.35 bits per heavy atom. The van der Waals surface area contributed by atoms with Crippen molar-refractivity contribution in [2.24, 2.45) is 4.99 Å². The number of morpholine rings is 1. The number of fused-ring (bicyclic) bond motifs is 1. The maximum atomic E-state index is 11.8. The van der Waals surface area contributed by atoms with E-state index in [0.29, 0.717) is 5.57 Å². The van der Waals surface area contributed by atoms with Crippen LogP contribution in [0.2, 0.25) is 0 Å². The van der Waals surface area contributed by atoms with E-state index in [1.165, 1.54) is 0 Å². The number of rotatable bonds is 2. The van der Waals surface area contributed by atoms with Crippen molar-refractivity contribution in [3.63, 3.8) is 0 Å². The van der Waals surface area contributed by atoms with Crippen molar-refractivity contribution in [1.29, 1.82) is 0 Å². The topological polar surface area (TPSA) is 45.1 Å². The molecule has 106 valence electrons. The number of ether oxygens (including phenoxy) is 1. The van der Waals surface area contributed by atoms with E-state index in [-0.39, 0.29) is 5.78 Å². The summed E-state index contributed by atoms with van der Waals surface area (Å²) < 4.78 is 5.37. The second kappa shape index (κ2) is 5.25. The molecule has 3 rings (SSSR count). The van der Waals surface area contributed by atoms with Crippen molar-refractivity contribution in [1.82, 2.24) is 9.80 Å². The predicted molar refractivity (Wildman–Crippen MR) is 77.1 cm³/mol. The van der Waals surface area contributed by atoms with Crippen molar-refractivity contribution in [2.45, 2.75) is 13.8 Å². The Morgan fingerprint density at radius 2 is 2.10 bits per heavy atom. The van der Waals surface area contributed by atoms with Crippen molar-refractivity contribution < 1.29 is 9.53 Å². The molecule has 3 aliphatic heterocycles. The van der Waals surface area contributed by atoms with Crippen LogP contribution in [0, 0.1) is 0 Å². The first-order valence-corrected chi connectivity index (χ1v) is 6.95. The first kappa shape index (κ1) is 13.1. The fraction of sp³-hybridized carbons (Fsp3) is 0.467. The van der Waals surface area contributed by atoms with E-state index in [0.717, 1.165) is 50.1 Å². The summed E-state index contributed by atoms with van der Waals surface area (Å²) in [6, 6.07) is 0. The largest absolute Gasteiger partial charge is 0.378 e. The molecule has 3 aliphatic rings. The molecule has 5 nitrogen and oxygen atoms in total. The lowest BCUT2D eigenvalue weighted by atomic mass is 10.0. The van der Waals surface area contributed by atoms with Crippen molar-refractivity contribution in [2.75, 3.05) is 32.8 Å². The third-order valence-electron chi connectivity index (χ3n) is 3.65. The van der Waals surface area contributed by atoms with E-state index in [2.05, 4.69) is 11.0 Å². The normalized spacial score (nSPS) is 22.5. The standard InChI is InChI=1S/C15H19N3O2/c1-11-9-13(12(2)19)15-16-14(3-4-18(15)10-11)17-5-7-20-8-6-17/h3,9-10H,4-8H2,1-2H3. The molecule has 0 radical (unpaired) electrons. The number of aliphatic imine (C=N–C) groups is 1. The molecule has 0 aromatic rings. The van der Waals surface area contributed by atoms with Gasteiger partial charge in [0.15, 0.2) is 5.78 Å². The summed E-state index contributed by atoms with van der Waals surface area (Å²) in [6.45, 7) is 7.54. The van der Waals surface area contributed by atoms with Gasteiger partial charge in [-0.3, -0.25) is 4.79 Å². The van der Waals surface area contributed by atoms with Crippen LogP contribution >= 0.6 is 0 Å². The van der Waals surface area contributed by atoms with Crippen LogP contribution in [0.3, 0.4) is 0 Å². The molecule has 3 heterocycles. The number of nitrogens with zero attached hydrogens (tertiary/aromatic N) is 3. The Balaban J connectivity index is 1.90. The first-order valence-electron chi connectivity index (χ1n) is 6.95. The maximum Gasteiger partial charge on any atom is 0.163 e. The van der Waals surface area contributed by atoms with Gasteiger partial charge in [-0.25, -0.2) is 4.99 Å². The molecule has 0 unspecified atom stereocenters. The molecule has 0 aromatic carbocycles. The first-order chi connectivity index (χ1) is 9.65. The molecule has 0 aromatic heterocycles. The second-order valence-electron chi connectivity index (χ2n) is 5.24. The summed E-state index contributed by atoms with van der Waals surface area (Å²) in [7, 11) is 0. The number of Topliss-reactive ketones (excluding diaryl/α,β-unsaturated/α-hetero) is 1. The van der Waals surface area contributed by atoms with Crippen molar-refractivity contribution in [3.8, 4) is 0 Å². The fourth-order valence-electron chi connectivity index (χ4n) is 2.64. The minimum Gasteiger partial charge on any atom is -0.378 e. The summed E-state index contributed by atoms with van der Waals surface area (Å²) in [6.07, 6.45) is 6.07. The monoisotopic (exact) mass is 273 g/mol. The van der Waals surface area contributed by atoms with Crippen LogP contribution in [-0.4, -0.2) is 54.3 Å². The Kier molecular flexibility index (Phi) is 3.44. The predicted octanol–water partition coefficient (Wildman–Crippen LogP) is 1.31. The third kappa shape index (κ3) is 2.41. The number of allylic oxidation sites excluding steroid dienone is 2. The summed E-state index contributed by atoms with van der Waals surface area (Å²) in [5.74, 6) is 1.79. The van der Waals surface area contributed by atoms with E-state index in [9.17, 15) is 4.79 Å². The van der Waals surface area contributed by atoms with E-state index in [1.54, 1.807) is 6.92 Å². The molecule has 0 N–H and O–H groups in total. The highest BCUT2D eigenvalue weighted by Crippen LogP contribution is 2.23. The minimum absolute atomic E-state index is 0.0597. The third-order valence-corrected chi connectivity index (χ3v) is 3.65. The zero-order valence-electron chi connectivity index (χ0n) is 11.9. The van der Waals surface area contributed by atoms with Crippen LogP contribution in [0.25, 0.3) is 0 Å². The molecule has 0 bridgehead atoms. The minimum atomic E-state index is 0.0597. The van der Waals surface area contributed by atoms with E-state index >= 15 is 0 Å². The van der Waals surface area contributed by atoms with Gasteiger partial charge in [-0.05, 0) is 31.6 Å². The molecule has 0 aliphatic carbocycles. The summed E-state index contributed by atoms with van der Waals surface area (Å²) >= 11 is 0. The maximum absolute atomic E-state index is 11.8. The van der Waals surface area contributed by atoms with Gasteiger partial charge in [0.05, 0.1) is 18.8 Å². The van der Waals surface area contributed by atoms with E-state index in [1.807, 2.05) is 24.1 Å². The molecule has 5 heteroatoms. The van der Waals surface area contributed by atoms with E-state index in [4.69, 9.17) is 9.73 Å². The lowest BCUT2D eigenvalue weighted by molar-refractivity contribution is -0.113. The van der Waals surface area contributed by atoms with Crippen molar-refractivity contribution in [3.05, 3.63) is 35.3 Å². The number of carbonyl (C=O) groups excluding carboxylic acids is 1. The van der Waals surface area contributed by atoms with Crippen molar-refractivity contribution >= 4 is 11.6 Å². The highest BCUT2D eigenvalue weighted by Gasteiger charge is 2.26. The molecular weight excluding hydrogens is 254 g/mol. The number of hydrogen-bond acceptors (Lipinski definition) is 5. The number of ketones is 1. The van der Waals surface area contributed by atoms with Gasteiger partial charge in [-0.2, -0.15) is 0 Å². The van der Waals surface area contributed by atoms with Gasteiger partial charge >= 0.3 is 0 Å². The number of carbonyl (C=O) groups is 1. The van der Waals surface area contributed by atoms with Crippen LogP contribution in [0.5, 0.6) is 0 Å². The van der Waals surface area contributed by atoms with Crippen LogP contribution in [0.15, 0.2) is 40.3 Å². The molecule has 20 heavy (non-hydrogen) atoms. The van der Waals surface area contributed by atoms with Gasteiger partial charge in [-0.1, -0.05) is 0 Å². The summed E-state index contributed by atoms with van der Waals surface area (Å²) in [5.41, 5.74) is 1.78. The highest BCUT2D eigenvalue weighted by atomic mass is 16.5. The van der Waals surface area contributed by atoms with Crippen LogP contribution < -0.4 is 0 Å². The lowest BCUT2D eigenvalue weighted by Crippen LogP contribution is -2.40. The molecule has 0 atom stereocenters. The quantitative estimate of drug-likeness (QED) is 0.761. The average molecular weight is 273 g/mol. The second-order valence-corrected chi connectivity index (χ2v) is 5.24. The van der Waals surface area contributed by atoms with Gasteiger partial charge in [0.2, 0.25) is 0 Å². The average Bonchev–Trinajstić information content (AvgIpc) is 2.46. The number of hydrogen-bond donors (Lipinski definition) is 0. The van der Waals surface area contributed by atoms with Crippen LogP contribution in [0.1, 0.15) is 13.8 Å². The highest BCUT2D eigenvalue weighted by molar-refractivity contribution is 6.22. The SMILES string of the molecule is CC(=O)C1=CC(C)=CN2CC=C(N3CCOCC3)N=C12. The van der Waals surface area contributed by atoms with Gasteiger partial charge < -0.3 is 14.5 Å². The van der Waals surface area contributed by atoms with Gasteiger partial charge in [0.25, 0.3) is 0 Å². The summed E-state index contributed by atoms with van der Waals surface area (Å²) in [5, 5.41) is 0. The van der Waals surface area contributed by atoms with E-state index < -0.39 is 0 Å². The summed E-state index contributed by atoms with van der Waals surface area (Å²) in [4.78, 5) is 20.8. The molecule has 0 saturated carbocycles. The Labute approximate surface area is 118 Å². The van der Waals surface area contributed by atoms with Gasteiger partial charge in [0.1, 0.15) is 11.7 Å².